The van der Waals surface area contributed by atoms with E-state index in [1.165, 1.54) is 11.3 Å². The Hall–Kier alpha value is -3.16. The average molecular weight is 478 g/mol. The number of anilines is 1. The third-order valence-corrected chi connectivity index (χ3v) is 6.99. The average Bonchev–Trinajstić information content (AvgIpc) is 3.20. The zero-order valence-electron chi connectivity index (χ0n) is 19.0. The predicted octanol–water partition coefficient (Wildman–Crippen LogP) is 3.44. The molecule has 0 saturated heterocycles. The maximum Gasteiger partial charge on any atom is 0.225 e. The number of aromatic nitrogens is 2. The number of hydrogen-bond acceptors (Lipinski definition) is 8. The number of amides is 1. The first-order valence-electron chi connectivity index (χ1n) is 11.2. The van der Waals surface area contributed by atoms with Crippen molar-refractivity contribution in [3.05, 3.63) is 76.2 Å². The van der Waals surface area contributed by atoms with Crippen LogP contribution in [0.25, 0.3) is 0 Å². The summed E-state index contributed by atoms with van der Waals surface area (Å²) in [6, 6.07) is 11.8. The first-order valence-corrected chi connectivity index (χ1v) is 12.0. The topological polar surface area (TPSA) is 111 Å². The molecular weight excluding hydrogens is 450 g/mol. The molecule has 2 unspecified atom stereocenters. The Morgan fingerprint density at radius 1 is 1.35 bits per heavy atom. The maximum absolute atomic E-state index is 12.7. The highest BCUT2D eigenvalue weighted by Crippen LogP contribution is 2.37. The van der Waals surface area contributed by atoms with Gasteiger partial charge < -0.3 is 15.2 Å². The molecule has 4 heterocycles. The van der Waals surface area contributed by atoms with Gasteiger partial charge in [-0.2, -0.15) is 5.26 Å². The van der Waals surface area contributed by atoms with E-state index in [1.807, 2.05) is 42.2 Å². The van der Waals surface area contributed by atoms with Crippen molar-refractivity contribution in [2.75, 3.05) is 18.5 Å². The highest BCUT2D eigenvalue weighted by molar-refractivity contribution is 7.16. The number of fused-ring (bicyclic) bond motifs is 1. The number of ether oxygens (including phenoxy) is 1. The van der Waals surface area contributed by atoms with E-state index in [1.54, 1.807) is 18.6 Å². The number of pyridine rings is 2. The number of hydrogen-bond donors (Lipinski definition) is 2. The van der Waals surface area contributed by atoms with Crippen LogP contribution in [-0.4, -0.2) is 45.4 Å². The van der Waals surface area contributed by atoms with E-state index >= 15 is 0 Å². The van der Waals surface area contributed by atoms with Crippen molar-refractivity contribution >= 4 is 22.2 Å². The van der Waals surface area contributed by atoms with E-state index in [2.05, 4.69) is 21.4 Å². The largest absolute Gasteiger partial charge is 0.356 e. The van der Waals surface area contributed by atoms with Crippen LogP contribution in [0.5, 0.6) is 0 Å². The predicted molar refractivity (Wildman–Crippen MR) is 129 cm³/mol. The number of nitrogens with one attached hydrogen (secondary N) is 1. The maximum atomic E-state index is 12.7. The molecule has 3 aromatic heterocycles. The van der Waals surface area contributed by atoms with Gasteiger partial charge in [-0.3, -0.25) is 14.8 Å². The van der Waals surface area contributed by atoms with E-state index in [0.29, 0.717) is 49.5 Å². The fourth-order valence-corrected chi connectivity index (χ4v) is 5.22. The minimum Gasteiger partial charge on any atom is -0.356 e. The number of nitrogens with zero attached hydrogens (tertiary/aromatic N) is 4. The zero-order valence-corrected chi connectivity index (χ0v) is 19.8. The Labute approximate surface area is 202 Å². The summed E-state index contributed by atoms with van der Waals surface area (Å²) in [5.74, 6) is -0.121. The summed E-state index contributed by atoms with van der Waals surface area (Å²) in [6.45, 7) is 3.36. The van der Waals surface area contributed by atoms with Gasteiger partial charge in [0.1, 0.15) is 11.1 Å². The molecule has 3 aromatic rings. The molecule has 0 spiro atoms. The number of aliphatic hydroxyl groups is 1. The van der Waals surface area contributed by atoms with Gasteiger partial charge in [0.05, 0.1) is 12.2 Å². The monoisotopic (exact) mass is 477 g/mol. The molecule has 1 aliphatic heterocycles. The first-order chi connectivity index (χ1) is 16.5. The number of rotatable bonds is 9. The molecule has 8 nitrogen and oxygen atoms in total. The zero-order chi connectivity index (χ0) is 23.9. The number of carbonyl (C=O) groups is 1. The molecule has 2 N–H and O–H groups in total. The number of nitriles is 1. The van der Waals surface area contributed by atoms with Crippen LogP contribution in [0.4, 0.5) is 5.00 Å². The first kappa shape index (κ1) is 24.0. The molecule has 0 bridgehead atoms. The molecule has 0 radical (unpaired) electrons. The van der Waals surface area contributed by atoms with E-state index in [-0.39, 0.29) is 11.8 Å². The van der Waals surface area contributed by atoms with Crippen LogP contribution in [0.15, 0.2) is 48.9 Å². The Kier molecular flexibility index (Phi) is 7.98. The molecular formula is C25H27N5O3S. The standard InChI is InChI=1S/C25H27N5O3S/c1-17(18-5-4-9-27-15-18)13-23(31)29-24-21(14-26)20-7-11-30(16-22(20)34-24)25(32)33-12-8-19-6-2-3-10-28-19/h2-6,9-10,15,17,25,32H,7-8,11-13,16H2,1H3,(H,29,31). The van der Waals surface area contributed by atoms with Crippen molar-refractivity contribution in [1.29, 1.82) is 5.26 Å². The van der Waals surface area contributed by atoms with Crippen molar-refractivity contribution in [2.45, 2.75) is 45.1 Å². The molecule has 0 aliphatic carbocycles. The van der Waals surface area contributed by atoms with Gasteiger partial charge in [0.25, 0.3) is 0 Å². The quantitative estimate of drug-likeness (QED) is 0.454. The molecule has 0 fully saturated rings. The van der Waals surface area contributed by atoms with Gasteiger partial charge in [-0.25, -0.2) is 4.90 Å². The third-order valence-electron chi connectivity index (χ3n) is 5.86. The van der Waals surface area contributed by atoms with Crippen molar-refractivity contribution in [3.63, 3.8) is 0 Å². The van der Waals surface area contributed by atoms with Gasteiger partial charge in [0, 0.05) is 55.1 Å². The lowest BCUT2D eigenvalue weighted by Crippen LogP contribution is -2.40. The minimum absolute atomic E-state index is 0.0164. The number of aliphatic hydroxyl groups excluding tert-OH is 1. The number of thiophene rings is 1. The minimum atomic E-state index is -1.04. The highest BCUT2D eigenvalue weighted by Gasteiger charge is 2.28. The molecule has 176 valence electrons. The summed E-state index contributed by atoms with van der Waals surface area (Å²) < 4.78 is 5.62. The molecule has 9 heteroatoms. The number of carbonyl (C=O) groups excluding carboxylic acids is 1. The molecule has 0 saturated carbocycles. The molecule has 1 amide bonds. The summed E-state index contributed by atoms with van der Waals surface area (Å²) in [4.78, 5) is 23.8. The van der Waals surface area contributed by atoms with Crippen LogP contribution in [0, 0.1) is 11.3 Å². The summed E-state index contributed by atoms with van der Waals surface area (Å²) in [7, 11) is 0. The lowest BCUT2D eigenvalue weighted by atomic mass is 9.99. The van der Waals surface area contributed by atoms with Gasteiger partial charge in [0.15, 0.2) is 0 Å². The summed E-state index contributed by atoms with van der Waals surface area (Å²) in [6.07, 6.45) is 5.69. The molecule has 34 heavy (non-hydrogen) atoms. The van der Waals surface area contributed by atoms with Crippen LogP contribution in [0.2, 0.25) is 0 Å². The summed E-state index contributed by atoms with van der Waals surface area (Å²) in [5.41, 5.74) is 3.37. The van der Waals surface area contributed by atoms with Crippen molar-refractivity contribution < 1.29 is 14.6 Å². The van der Waals surface area contributed by atoms with Gasteiger partial charge in [0.2, 0.25) is 12.3 Å². The fourth-order valence-electron chi connectivity index (χ4n) is 3.98. The second kappa shape index (κ2) is 11.3. The molecule has 4 rings (SSSR count). The van der Waals surface area contributed by atoms with E-state index < -0.39 is 6.41 Å². The fraction of sp³-hybridized carbons (Fsp3) is 0.360. The van der Waals surface area contributed by atoms with E-state index in [0.717, 1.165) is 21.7 Å². The lowest BCUT2D eigenvalue weighted by molar-refractivity contribution is -0.197. The Bertz CT molecular complexity index is 1150. The second-order valence-corrected chi connectivity index (χ2v) is 9.35. The van der Waals surface area contributed by atoms with Gasteiger partial charge in [-0.05, 0) is 41.7 Å². The summed E-state index contributed by atoms with van der Waals surface area (Å²) >= 11 is 1.39. The Morgan fingerprint density at radius 3 is 2.97 bits per heavy atom. The van der Waals surface area contributed by atoms with Crippen LogP contribution >= 0.6 is 11.3 Å². The van der Waals surface area contributed by atoms with Crippen LogP contribution in [-0.2, 0) is 28.9 Å². The van der Waals surface area contributed by atoms with Crippen molar-refractivity contribution in [3.8, 4) is 6.07 Å². The summed E-state index contributed by atoms with van der Waals surface area (Å²) in [5, 5.41) is 23.8. The van der Waals surface area contributed by atoms with Gasteiger partial charge in [-0.1, -0.05) is 19.1 Å². The Morgan fingerprint density at radius 2 is 2.24 bits per heavy atom. The normalized spacial score (nSPS) is 15.2. The molecule has 1 aliphatic rings. The third kappa shape index (κ3) is 5.85. The second-order valence-electron chi connectivity index (χ2n) is 8.25. The van der Waals surface area contributed by atoms with E-state index in [9.17, 15) is 15.2 Å². The highest BCUT2D eigenvalue weighted by atomic mass is 32.1. The molecule has 2 atom stereocenters. The van der Waals surface area contributed by atoms with E-state index in [4.69, 9.17) is 4.74 Å². The van der Waals surface area contributed by atoms with Crippen LogP contribution in [0.1, 0.15) is 46.5 Å². The van der Waals surface area contributed by atoms with Crippen molar-refractivity contribution in [2.24, 2.45) is 0 Å². The Balaban J connectivity index is 1.35. The van der Waals surface area contributed by atoms with Crippen LogP contribution in [0.3, 0.4) is 0 Å². The van der Waals surface area contributed by atoms with Crippen LogP contribution < -0.4 is 5.32 Å². The lowest BCUT2D eigenvalue weighted by Gasteiger charge is -2.30. The van der Waals surface area contributed by atoms with Crippen molar-refractivity contribution in [1.82, 2.24) is 14.9 Å². The smallest absolute Gasteiger partial charge is 0.225 e. The van der Waals surface area contributed by atoms with Gasteiger partial charge >= 0.3 is 0 Å². The SMILES string of the molecule is CC(CC(=O)Nc1sc2c(c1C#N)CCN(C(O)OCCc1ccccn1)C2)c1cccnc1. The molecule has 0 aromatic carbocycles. The van der Waals surface area contributed by atoms with Gasteiger partial charge in [-0.15, -0.1) is 11.3 Å².